The van der Waals surface area contributed by atoms with Gasteiger partial charge >= 0.3 is 6.18 Å². The third-order valence-electron chi connectivity index (χ3n) is 8.10. The van der Waals surface area contributed by atoms with Crippen LogP contribution in [0.2, 0.25) is 0 Å². The molecule has 2 aliphatic rings. The minimum Gasteiger partial charge on any atom is -0.496 e. The quantitative estimate of drug-likeness (QED) is 0.362. The van der Waals surface area contributed by atoms with E-state index in [4.69, 9.17) is 4.74 Å². The molecule has 1 N–H and O–H groups in total. The molecule has 11 heteroatoms. The molecule has 0 spiro atoms. The third-order valence-corrected chi connectivity index (χ3v) is 8.10. The number of methoxy groups -OCH3 is 1. The molecule has 3 aromatic carbocycles. The summed E-state index contributed by atoms with van der Waals surface area (Å²) in [5, 5.41) is 20.7. The van der Waals surface area contributed by atoms with Crippen LogP contribution in [0.25, 0.3) is 5.69 Å². The van der Waals surface area contributed by atoms with E-state index in [2.05, 4.69) is 49.6 Å². The highest BCUT2D eigenvalue weighted by molar-refractivity contribution is 5.44. The number of aliphatic hydroxyl groups is 1. The molecule has 8 nitrogen and oxygen atoms in total. The standard InChI is InChI=1S/C30H31F3N6O2/c1-41-27-13-12-23(39-29(30(31,32)33)34-35-36-39)14-22(27)16-37-17-24-15-25(40)18-38(24)26(19-37)28(20-8-4-2-5-9-20)21-10-6-3-7-11-21/h2-14,24-26,28,40H,15-19H2,1H3/t24-,25+,26-/m0/s1. The second-order valence-corrected chi connectivity index (χ2v) is 10.7. The van der Waals surface area contributed by atoms with Gasteiger partial charge in [0.2, 0.25) is 0 Å². The van der Waals surface area contributed by atoms with E-state index in [1.165, 1.54) is 17.2 Å². The van der Waals surface area contributed by atoms with Gasteiger partial charge in [0.1, 0.15) is 5.75 Å². The summed E-state index contributed by atoms with van der Waals surface area (Å²) in [7, 11) is 1.55. The van der Waals surface area contributed by atoms with E-state index in [1.54, 1.807) is 19.2 Å². The summed E-state index contributed by atoms with van der Waals surface area (Å²) in [4.78, 5) is 4.75. The van der Waals surface area contributed by atoms with Crippen LogP contribution >= 0.6 is 0 Å². The first-order valence-corrected chi connectivity index (χ1v) is 13.6. The van der Waals surface area contributed by atoms with Crippen LogP contribution in [0.1, 0.15) is 34.9 Å². The highest BCUT2D eigenvalue weighted by Gasteiger charge is 2.44. The van der Waals surface area contributed by atoms with Crippen molar-refractivity contribution in [2.45, 2.75) is 43.2 Å². The van der Waals surface area contributed by atoms with Crippen LogP contribution in [0.5, 0.6) is 5.75 Å². The van der Waals surface area contributed by atoms with Crippen molar-refractivity contribution in [2.75, 3.05) is 26.7 Å². The monoisotopic (exact) mass is 564 g/mol. The zero-order chi connectivity index (χ0) is 28.6. The first-order valence-electron chi connectivity index (χ1n) is 13.6. The highest BCUT2D eigenvalue weighted by atomic mass is 19.4. The second kappa shape index (κ2) is 11.2. The van der Waals surface area contributed by atoms with Crippen LogP contribution in [0.4, 0.5) is 13.2 Å². The summed E-state index contributed by atoms with van der Waals surface area (Å²) in [5.41, 5.74) is 3.33. The Hall–Kier alpha value is -3.80. The van der Waals surface area contributed by atoms with E-state index in [-0.39, 0.29) is 23.7 Å². The molecule has 214 valence electrons. The number of nitrogens with zero attached hydrogens (tertiary/aromatic N) is 6. The van der Waals surface area contributed by atoms with Gasteiger partial charge in [0, 0.05) is 49.7 Å². The number of hydrogen-bond acceptors (Lipinski definition) is 7. The molecule has 1 aromatic heterocycles. The molecule has 4 aromatic rings. The van der Waals surface area contributed by atoms with Crippen LogP contribution < -0.4 is 4.74 Å². The molecular formula is C30H31F3N6O2. The third kappa shape index (κ3) is 5.57. The molecule has 2 fully saturated rings. The molecule has 0 saturated carbocycles. The summed E-state index contributed by atoms with van der Waals surface area (Å²) < 4.78 is 46.9. The number of piperazine rings is 1. The fourth-order valence-corrected chi connectivity index (χ4v) is 6.43. The van der Waals surface area contributed by atoms with E-state index in [1.807, 2.05) is 36.4 Å². The molecule has 41 heavy (non-hydrogen) atoms. The van der Waals surface area contributed by atoms with E-state index in [0.717, 1.165) is 12.1 Å². The molecule has 3 heterocycles. The fraction of sp³-hybridized carbons (Fsp3) is 0.367. The lowest BCUT2D eigenvalue weighted by atomic mass is 9.82. The number of benzene rings is 3. The molecule has 6 rings (SSSR count). The van der Waals surface area contributed by atoms with E-state index in [0.29, 0.717) is 36.5 Å². The Balaban J connectivity index is 1.35. The molecule has 0 bridgehead atoms. The zero-order valence-corrected chi connectivity index (χ0v) is 22.5. The van der Waals surface area contributed by atoms with Crippen molar-refractivity contribution in [1.29, 1.82) is 0 Å². The summed E-state index contributed by atoms with van der Waals surface area (Å²) in [6.45, 7) is 2.48. The Morgan fingerprint density at radius 3 is 2.27 bits per heavy atom. The molecule has 0 unspecified atom stereocenters. The van der Waals surface area contributed by atoms with Crippen molar-refractivity contribution in [2.24, 2.45) is 0 Å². The lowest BCUT2D eigenvalue weighted by molar-refractivity contribution is -0.146. The van der Waals surface area contributed by atoms with E-state index in [9.17, 15) is 18.3 Å². The molecule has 2 aliphatic heterocycles. The largest absolute Gasteiger partial charge is 0.496 e. The Morgan fingerprint density at radius 2 is 1.63 bits per heavy atom. The maximum Gasteiger partial charge on any atom is 0.453 e. The molecule has 0 radical (unpaired) electrons. The number of ether oxygens (including phenoxy) is 1. The Morgan fingerprint density at radius 1 is 0.951 bits per heavy atom. The number of tetrazole rings is 1. The molecule has 2 saturated heterocycles. The number of alkyl halides is 3. The van der Waals surface area contributed by atoms with Crippen LogP contribution in [-0.4, -0.2) is 80.0 Å². The number of aromatic nitrogens is 4. The predicted octanol–water partition coefficient (Wildman–Crippen LogP) is 4.14. The van der Waals surface area contributed by atoms with Gasteiger partial charge in [0.15, 0.2) is 0 Å². The summed E-state index contributed by atoms with van der Waals surface area (Å²) in [5.74, 6) is -0.545. The Bertz CT molecular complexity index is 1430. The lowest BCUT2D eigenvalue weighted by Crippen LogP contribution is -2.58. The second-order valence-electron chi connectivity index (χ2n) is 10.7. The SMILES string of the molecule is COc1ccc(-n2nnnc2C(F)(F)F)cc1CN1C[C@@H]2C[C@@H](O)CN2[C@H](C(c2ccccc2)c2ccccc2)C1. The summed E-state index contributed by atoms with van der Waals surface area (Å²) in [6, 6.07) is 25.8. The normalized spacial score (nSPS) is 21.8. The topological polar surface area (TPSA) is 79.5 Å². The average Bonchev–Trinajstić information content (AvgIpc) is 3.61. The molecule has 0 amide bonds. The van der Waals surface area contributed by atoms with Gasteiger partial charge in [-0.3, -0.25) is 9.80 Å². The van der Waals surface area contributed by atoms with Gasteiger partial charge in [-0.05, 0) is 46.2 Å². The summed E-state index contributed by atoms with van der Waals surface area (Å²) >= 11 is 0. The van der Waals surface area contributed by atoms with Gasteiger partial charge in [-0.15, -0.1) is 5.10 Å². The molecule has 3 atom stereocenters. The van der Waals surface area contributed by atoms with Crippen molar-refractivity contribution >= 4 is 0 Å². The molecular weight excluding hydrogens is 533 g/mol. The number of hydrogen-bond donors (Lipinski definition) is 1. The number of halogens is 3. The van der Waals surface area contributed by atoms with Crippen molar-refractivity contribution in [1.82, 2.24) is 30.0 Å². The van der Waals surface area contributed by atoms with Crippen LogP contribution in [0.15, 0.2) is 78.9 Å². The zero-order valence-electron chi connectivity index (χ0n) is 22.5. The number of fused-ring (bicyclic) bond motifs is 1. The predicted molar refractivity (Wildman–Crippen MR) is 146 cm³/mol. The molecule has 0 aliphatic carbocycles. The van der Waals surface area contributed by atoms with Gasteiger partial charge in [-0.2, -0.15) is 17.9 Å². The van der Waals surface area contributed by atoms with Crippen molar-refractivity contribution in [3.8, 4) is 11.4 Å². The van der Waals surface area contributed by atoms with E-state index < -0.39 is 18.1 Å². The Labute approximate surface area is 236 Å². The van der Waals surface area contributed by atoms with Crippen LogP contribution in [0.3, 0.4) is 0 Å². The number of aliphatic hydroxyl groups excluding tert-OH is 1. The van der Waals surface area contributed by atoms with Gasteiger partial charge in [-0.25, -0.2) is 0 Å². The first kappa shape index (κ1) is 27.4. The minimum atomic E-state index is -4.69. The highest BCUT2D eigenvalue weighted by Crippen LogP contribution is 2.38. The lowest BCUT2D eigenvalue weighted by Gasteiger charge is -2.47. The van der Waals surface area contributed by atoms with Gasteiger partial charge in [0.25, 0.3) is 5.82 Å². The van der Waals surface area contributed by atoms with Gasteiger partial charge in [-0.1, -0.05) is 60.7 Å². The van der Waals surface area contributed by atoms with Crippen molar-refractivity contribution in [3.05, 3.63) is 101 Å². The smallest absolute Gasteiger partial charge is 0.453 e. The number of rotatable bonds is 7. The van der Waals surface area contributed by atoms with Crippen LogP contribution in [-0.2, 0) is 12.7 Å². The van der Waals surface area contributed by atoms with Crippen molar-refractivity contribution in [3.63, 3.8) is 0 Å². The van der Waals surface area contributed by atoms with Gasteiger partial charge in [0.05, 0.1) is 18.9 Å². The summed E-state index contributed by atoms with van der Waals surface area (Å²) in [6.07, 6.45) is -4.44. The van der Waals surface area contributed by atoms with Crippen molar-refractivity contribution < 1.29 is 23.0 Å². The van der Waals surface area contributed by atoms with E-state index >= 15 is 0 Å². The first-order chi connectivity index (χ1) is 19.8. The minimum absolute atomic E-state index is 0.0665. The average molecular weight is 565 g/mol. The maximum atomic E-state index is 13.5. The maximum absolute atomic E-state index is 13.5. The Kier molecular flexibility index (Phi) is 7.50. The fourth-order valence-electron chi connectivity index (χ4n) is 6.43. The van der Waals surface area contributed by atoms with Crippen LogP contribution in [0, 0.1) is 0 Å². The van der Waals surface area contributed by atoms with Gasteiger partial charge < -0.3 is 9.84 Å².